The van der Waals surface area contributed by atoms with Crippen molar-refractivity contribution in [3.8, 4) is 11.3 Å². The summed E-state index contributed by atoms with van der Waals surface area (Å²) >= 11 is 0. The number of hydrogen-bond acceptors (Lipinski definition) is 7. The number of aromatic nitrogens is 6. The van der Waals surface area contributed by atoms with Gasteiger partial charge in [0.1, 0.15) is 22.8 Å². The van der Waals surface area contributed by atoms with E-state index in [1.807, 2.05) is 29.0 Å². The molecule has 10 heteroatoms. The third-order valence-electron chi connectivity index (χ3n) is 6.61. The maximum atomic E-state index is 12.6. The summed E-state index contributed by atoms with van der Waals surface area (Å²) in [5.74, 6) is 0.758. The maximum absolute atomic E-state index is 12.6. The third kappa shape index (κ3) is 2.70. The molecule has 3 aliphatic rings. The van der Waals surface area contributed by atoms with Gasteiger partial charge < -0.3 is 14.5 Å². The number of carbonyl (C=O) groups excluding carboxylic acids is 1. The first kappa shape index (κ1) is 17.8. The van der Waals surface area contributed by atoms with Gasteiger partial charge in [0, 0.05) is 38.6 Å². The lowest BCUT2D eigenvalue weighted by molar-refractivity contribution is -0.132. The van der Waals surface area contributed by atoms with Crippen LogP contribution in [0.5, 0.6) is 0 Å². The normalized spacial score (nSPS) is 24.9. The molecular formula is C20H24N8O2. The molecule has 2 bridgehead atoms. The first-order valence-corrected chi connectivity index (χ1v) is 10.6. The zero-order valence-corrected chi connectivity index (χ0v) is 16.9. The molecule has 3 saturated heterocycles. The molecule has 10 nitrogen and oxygen atoms in total. The van der Waals surface area contributed by atoms with Crippen molar-refractivity contribution in [2.75, 3.05) is 31.7 Å². The lowest BCUT2D eigenvalue weighted by atomic mass is 10.1. The van der Waals surface area contributed by atoms with E-state index in [0.717, 1.165) is 61.2 Å². The molecule has 3 aromatic rings. The molecule has 3 aliphatic heterocycles. The van der Waals surface area contributed by atoms with Crippen molar-refractivity contribution >= 4 is 22.9 Å². The highest BCUT2D eigenvalue weighted by Gasteiger charge is 2.45. The molecular weight excluding hydrogens is 384 g/mol. The monoisotopic (exact) mass is 408 g/mol. The van der Waals surface area contributed by atoms with E-state index in [1.165, 1.54) is 0 Å². The molecule has 2 unspecified atom stereocenters. The smallest absolute Gasteiger partial charge is 0.245 e. The number of aromatic amines is 1. The largest absolute Gasteiger partial charge is 0.381 e. The highest BCUT2D eigenvalue weighted by atomic mass is 16.5. The summed E-state index contributed by atoms with van der Waals surface area (Å²) in [6.45, 7) is 2.26. The van der Waals surface area contributed by atoms with E-state index in [-0.39, 0.29) is 18.0 Å². The highest BCUT2D eigenvalue weighted by molar-refractivity contribution is 5.91. The number of fused-ring (bicyclic) bond motifs is 3. The van der Waals surface area contributed by atoms with Gasteiger partial charge in [0.05, 0.1) is 24.5 Å². The van der Waals surface area contributed by atoms with Crippen LogP contribution in [0.2, 0.25) is 0 Å². The van der Waals surface area contributed by atoms with Crippen molar-refractivity contribution < 1.29 is 9.53 Å². The van der Waals surface area contributed by atoms with E-state index in [9.17, 15) is 4.79 Å². The zero-order chi connectivity index (χ0) is 20.2. The molecule has 1 amide bonds. The number of anilines is 1. The Balaban J connectivity index is 1.35. The summed E-state index contributed by atoms with van der Waals surface area (Å²) in [5.41, 5.74) is 3.23. The summed E-state index contributed by atoms with van der Waals surface area (Å²) in [4.78, 5) is 25.9. The fourth-order valence-corrected chi connectivity index (χ4v) is 5.01. The predicted molar refractivity (Wildman–Crippen MR) is 109 cm³/mol. The van der Waals surface area contributed by atoms with E-state index >= 15 is 0 Å². The van der Waals surface area contributed by atoms with E-state index < -0.39 is 0 Å². The second-order valence-corrected chi connectivity index (χ2v) is 8.43. The number of piperazine rings is 1. The number of carbonyl (C=O) groups is 1. The molecule has 0 saturated carbocycles. The average molecular weight is 408 g/mol. The van der Waals surface area contributed by atoms with Crippen LogP contribution in [0.25, 0.3) is 22.3 Å². The number of H-pyrrole nitrogens is 1. The van der Waals surface area contributed by atoms with Gasteiger partial charge in [0.15, 0.2) is 0 Å². The van der Waals surface area contributed by atoms with Crippen molar-refractivity contribution in [3.63, 3.8) is 0 Å². The zero-order valence-electron chi connectivity index (χ0n) is 16.9. The predicted octanol–water partition coefficient (Wildman–Crippen LogP) is 1.38. The summed E-state index contributed by atoms with van der Waals surface area (Å²) in [5, 5.41) is 12.1. The number of amides is 1. The van der Waals surface area contributed by atoms with Crippen molar-refractivity contribution in [3.05, 3.63) is 18.6 Å². The molecule has 0 radical (unpaired) electrons. The van der Waals surface area contributed by atoms with Crippen LogP contribution in [-0.4, -0.2) is 79.6 Å². The molecule has 1 N–H and O–H groups in total. The number of likely N-dealkylation sites (tertiary alicyclic amines) is 1. The molecule has 3 aromatic heterocycles. The molecule has 0 aliphatic carbocycles. The Morgan fingerprint density at radius 3 is 2.87 bits per heavy atom. The van der Waals surface area contributed by atoms with Crippen molar-refractivity contribution in [2.24, 2.45) is 0 Å². The van der Waals surface area contributed by atoms with Gasteiger partial charge in [-0.3, -0.25) is 14.6 Å². The molecule has 0 aromatic carbocycles. The fraction of sp³-hybridized carbons (Fsp3) is 0.550. The Hall–Kier alpha value is -3.01. The van der Waals surface area contributed by atoms with Gasteiger partial charge in [0.2, 0.25) is 11.9 Å². The Bertz CT molecular complexity index is 1100. The standard InChI is InChI=1S/C20H24N8O2/c1-26-11-14-2-3-16(19(26)29)28(14)20-21-9-15-18(23-20)17(25-24-15)12-8-22-27(10-12)13-4-6-30-7-5-13/h8-10,13-14,16H,2-7,11H2,1H3,(H,24,25). The van der Waals surface area contributed by atoms with E-state index in [1.54, 1.807) is 6.20 Å². The second-order valence-electron chi connectivity index (χ2n) is 8.43. The first-order chi connectivity index (χ1) is 14.7. The van der Waals surface area contributed by atoms with Gasteiger partial charge in [-0.25, -0.2) is 9.97 Å². The van der Waals surface area contributed by atoms with Gasteiger partial charge >= 0.3 is 0 Å². The van der Waals surface area contributed by atoms with Gasteiger partial charge in [-0.2, -0.15) is 10.2 Å². The fourth-order valence-electron chi connectivity index (χ4n) is 5.01. The number of hydrogen-bond donors (Lipinski definition) is 1. The van der Waals surface area contributed by atoms with Crippen LogP contribution in [0.3, 0.4) is 0 Å². The van der Waals surface area contributed by atoms with Crippen LogP contribution in [0.1, 0.15) is 31.7 Å². The van der Waals surface area contributed by atoms with Gasteiger partial charge in [0.25, 0.3) is 0 Å². The number of ether oxygens (including phenoxy) is 1. The highest BCUT2D eigenvalue weighted by Crippen LogP contribution is 2.35. The summed E-state index contributed by atoms with van der Waals surface area (Å²) in [6.07, 6.45) is 9.42. The average Bonchev–Trinajstić information content (AvgIpc) is 3.49. The Labute approximate surface area is 173 Å². The lowest BCUT2D eigenvalue weighted by Crippen LogP contribution is -2.56. The Morgan fingerprint density at radius 2 is 2.00 bits per heavy atom. The Kier molecular flexibility index (Phi) is 4.02. The van der Waals surface area contributed by atoms with E-state index in [4.69, 9.17) is 9.72 Å². The van der Waals surface area contributed by atoms with Gasteiger partial charge in [-0.15, -0.1) is 0 Å². The first-order valence-electron chi connectivity index (χ1n) is 10.6. The quantitative estimate of drug-likeness (QED) is 0.698. The minimum Gasteiger partial charge on any atom is -0.381 e. The summed E-state index contributed by atoms with van der Waals surface area (Å²) in [7, 11) is 1.87. The second kappa shape index (κ2) is 6.76. The Morgan fingerprint density at radius 1 is 1.13 bits per heavy atom. The molecule has 0 spiro atoms. The molecule has 6 heterocycles. The molecule has 30 heavy (non-hydrogen) atoms. The van der Waals surface area contributed by atoms with E-state index in [2.05, 4.69) is 25.2 Å². The number of nitrogens with one attached hydrogen (secondary N) is 1. The van der Waals surface area contributed by atoms with Crippen molar-refractivity contribution in [1.82, 2.24) is 34.8 Å². The molecule has 3 fully saturated rings. The van der Waals surface area contributed by atoms with Gasteiger partial charge in [-0.05, 0) is 25.7 Å². The van der Waals surface area contributed by atoms with Crippen LogP contribution >= 0.6 is 0 Å². The van der Waals surface area contributed by atoms with Gasteiger partial charge in [-0.1, -0.05) is 0 Å². The topological polar surface area (TPSA) is 105 Å². The minimum atomic E-state index is -0.169. The number of nitrogens with zero attached hydrogens (tertiary/aromatic N) is 7. The van der Waals surface area contributed by atoms with Crippen LogP contribution < -0.4 is 4.90 Å². The molecule has 6 rings (SSSR count). The molecule has 2 atom stereocenters. The van der Waals surface area contributed by atoms with E-state index in [0.29, 0.717) is 18.5 Å². The molecule has 156 valence electrons. The maximum Gasteiger partial charge on any atom is 0.245 e. The lowest BCUT2D eigenvalue weighted by Gasteiger charge is -2.38. The SMILES string of the molecule is CN1CC2CCC(C1=O)N2c1ncc2[nH]nc(-c3cnn(C4CCOCC4)c3)c2n1. The number of likely N-dealkylation sites (N-methyl/N-ethyl adjacent to an activating group) is 1. The minimum absolute atomic E-state index is 0.151. The van der Waals surface area contributed by atoms with Crippen LogP contribution in [0.4, 0.5) is 5.95 Å². The van der Waals surface area contributed by atoms with Crippen molar-refractivity contribution in [2.45, 2.75) is 43.8 Å². The number of rotatable bonds is 3. The van der Waals surface area contributed by atoms with Crippen LogP contribution in [0, 0.1) is 0 Å². The summed E-state index contributed by atoms with van der Waals surface area (Å²) in [6, 6.07) is 0.453. The van der Waals surface area contributed by atoms with Crippen molar-refractivity contribution in [1.29, 1.82) is 0 Å². The summed E-state index contributed by atoms with van der Waals surface area (Å²) < 4.78 is 7.47. The third-order valence-corrected chi connectivity index (χ3v) is 6.61. The van der Waals surface area contributed by atoms with Crippen LogP contribution in [-0.2, 0) is 9.53 Å². The van der Waals surface area contributed by atoms with Crippen LogP contribution in [0.15, 0.2) is 18.6 Å².